The lowest BCUT2D eigenvalue weighted by atomic mass is 9.95. The SMILES string of the molecule is Cc1cn(CC(C)(C)CO)nc1N. The number of hydrogen-bond acceptors (Lipinski definition) is 3. The van der Waals surface area contributed by atoms with Gasteiger partial charge in [0, 0.05) is 30.3 Å². The molecule has 13 heavy (non-hydrogen) atoms. The molecule has 0 aliphatic carbocycles. The third kappa shape index (κ3) is 2.45. The van der Waals surface area contributed by atoms with Crippen molar-refractivity contribution in [3.05, 3.63) is 11.8 Å². The van der Waals surface area contributed by atoms with Gasteiger partial charge in [-0.15, -0.1) is 0 Å². The van der Waals surface area contributed by atoms with Gasteiger partial charge in [0.05, 0.1) is 0 Å². The quantitative estimate of drug-likeness (QED) is 0.728. The summed E-state index contributed by atoms with van der Waals surface area (Å²) >= 11 is 0. The third-order valence-electron chi connectivity index (χ3n) is 2.00. The maximum atomic E-state index is 9.06. The molecule has 1 heterocycles. The van der Waals surface area contributed by atoms with Gasteiger partial charge in [0.15, 0.2) is 0 Å². The second-order valence-electron chi connectivity index (χ2n) is 4.22. The van der Waals surface area contributed by atoms with Gasteiger partial charge in [-0.3, -0.25) is 4.68 Å². The van der Waals surface area contributed by atoms with Crippen LogP contribution in [0.3, 0.4) is 0 Å². The number of aliphatic hydroxyl groups excluding tert-OH is 1. The van der Waals surface area contributed by atoms with Gasteiger partial charge in [-0.25, -0.2) is 0 Å². The van der Waals surface area contributed by atoms with E-state index < -0.39 is 0 Å². The van der Waals surface area contributed by atoms with Crippen LogP contribution in [0, 0.1) is 12.3 Å². The number of rotatable bonds is 3. The minimum Gasteiger partial charge on any atom is -0.396 e. The molecule has 0 fully saturated rings. The molecule has 0 aromatic carbocycles. The Kier molecular flexibility index (Phi) is 2.61. The maximum Gasteiger partial charge on any atom is 0.148 e. The Hall–Kier alpha value is -1.03. The first kappa shape index (κ1) is 10.1. The zero-order chi connectivity index (χ0) is 10.1. The van der Waals surface area contributed by atoms with E-state index in [4.69, 9.17) is 10.8 Å². The summed E-state index contributed by atoms with van der Waals surface area (Å²) in [5.41, 5.74) is 6.44. The average Bonchev–Trinajstić information content (AvgIpc) is 2.30. The summed E-state index contributed by atoms with van der Waals surface area (Å²) in [6.07, 6.45) is 1.90. The van der Waals surface area contributed by atoms with Gasteiger partial charge in [-0.2, -0.15) is 5.10 Å². The first-order valence-corrected chi connectivity index (χ1v) is 4.35. The standard InChI is InChI=1S/C9H17N3O/c1-7-4-12(11-8(7)10)5-9(2,3)6-13/h4,13H,5-6H2,1-3H3,(H2,10,11). The number of hydrogen-bond donors (Lipinski definition) is 2. The number of nitrogens with zero attached hydrogens (tertiary/aromatic N) is 2. The number of aromatic nitrogens is 2. The van der Waals surface area contributed by atoms with Crippen molar-refractivity contribution in [3.63, 3.8) is 0 Å². The van der Waals surface area contributed by atoms with Crippen molar-refractivity contribution in [3.8, 4) is 0 Å². The van der Waals surface area contributed by atoms with Crippen molar-refractivity contribution >= 4 is 5.82 Å². The topological polar surface area (TPSA) is 64.1 Å². The van der Waals surface area contributed by atoms with Crippen LogP contribution < -0.4 is 5.73 Å². The summed E-state index contributed by atoms with van der Waals surface area (Å²) in [7, 11) is 0. The van der Waals surface area contributed by atoms with Crippen LogP contribution in [0.2, 0.25) is 0 Å². The van der Waals surface area contributed by atoms with Crippen molar-refractivity contribution in [2.45, 2.75) is 27.3 Å². The lowest BCUT2D eigenvalue weighted by Crippen LogP contribution is -2.24. The second kappa shape index (κ2) is 3.38. The molecule has 0 spiro atoms. The first-order valence-electron chi connectivity index (χ1n) is 4.35. The lowest BCUT2D eigenvalue weighted by molar-refractivity contribution is 0.136. The summed E-state index contributed by atoms with van der Waals surface area (Å²) in [6.45, 7) is 6.72. The Morgan fingerprint density at radius 3 is 2.62 bits per heavy atom. The van der Waals surface area contributed by atoms with E-state index in [0.717, 1.165) is 5.56 Å². The van der Waals surface area contributed by atoms with E-state index in [2.05, 4.69) is 5.10 Å². The monoisotopic (exact) mass is 183 g/mol. The van der Waals surface area contributed by atoms with E-state index >= 15 is 0 Å². The molecule has 0 saturated carbocycles. The molecule has 4 nitrogen and oxygen atoms in total. The molecule has 0 unspecified atom stereocenters. The van der Waals surface area contributed by atoms with E-state index in [9.17, 15) is 0 Å². The van der Waals surface area contributed by atoms with Crippen LogP contribution in [0.25, 0.3) is 0 Å². The van der Waals surface area contributed by atoms with Gasteiger partial charge in [-0.1, -0.05) is 13.8 Å². The van der Waals surface area contributed by atoms with Crippen LogP contribution in [-0.4, -0.2) is 21.5 Å². The number of nitrogen functional groups attached to an aromatic ring is 1. The summed E-state index contributed by atoms with van der Waals surface area (Å²) in [4.78, 5) is 0. The van der Waals surface area contributed by atoms with Crippen molar-refractivity contribution < 1.29 is 5.11 Å². The normalized spacial score (nSPS) is 12.0. The minimum absolute atomic E-state index is 0.145. The van der Waals surface area contributed by atoms with Gasteiger partial charge in [0.1, 0.15) is 5.82 Å². The molecule has 0 atom stereocenters. The molecule has 74 valence electrons. The fourth-order valence-electron chi connectivity index (χ4n) is 1.11. The summed E-state index contributed by atoms with van der Waals surface area (Å²) < 4.78 is 1.78. The highest BCUT2D eigenvalue weighted by molar-refractivity contribution is 5.35. The molecular formula is C9H17N3O. The Morgan fingerprint density at radius 1 is 1.62 bits per heavy atom. The molecule has 1 aromatic heterocycles. The highest BCUT2D eigenvalue weighted by Gasteiger charge is 2.18. The van der Waals surface area contributed by atoms with Crippen LogP contribution in [0.4, 0.5) is 5.82 Å². The molecule has 0 aliphatic rings. The molecule has 4 heteroatoms. The Bertz CT molecular complexity index is 272. The Labute approximate surface area is 78.4 Å². The highest BCUT2D eigenvalue weighted by atomic mass is 16.3. The molecule has 0 amide bonds. The second-order valence-corrected chi connectivity index (χ2v) is 4.22. The van der Waals surface area contributed by atoms with E-state index in [1.807, 2.05) is 27.0 Å². The number of aryl methyl sites for hydroxylation is 1. The Morgan fingerprint density at radius 2 is 2.23 bits per heavy atom. The van der Waals surface area contributed by atoms with E-state index in [1.165, 1.54) is 0 Å². The fraction of sp³-hybridized carbons (Fsp3) is 0.667. The average molecular weight is 183 g/mol. The van der Waals surface area contributed by atoms with E-state index in [0.29, 0.717) is 12.4 Å². The molecular weight excluding hydrogens is 166 g/mol. The van der Waals surface area contributed by atoms with Gasteiger partial charge in [0.2, 0.25) is 0 Å². The largest absolute Gasteiger partial charge is 0.396 e. The smallest absolute Gasteiger partial charge is 0.148 e. The number of aliphatic hydroxyl groups is 1. The van der Waals surface area contributed by atoms with Crippen molar-refractivity contribution in [2.24, 2.45) is 5.41 Å². The van der Waals surface area contributed by atoms with Crippen LogP contribution in [0.15, 0.2) is 6.20 Å². The summed E-state index contributed by atoms with van der Waals surface area (Å²) in [5.74, 6) is 0.564. The number of nitrogens with two attached hydrogens (primary N) is 1. The molecule has 0 saturated heterocycles. The van der Waals surface area contributed by atoms with E-state index in [1.54, 1.807) is 4.68 Å². The minimum atomic E-state index is -0.148. The van der Waals surface area contributed by atoms with Crippen molar-refractivity contribution in [2.75, 3.05) is 12.3 Å². The molecule has 3 N–H and O–H groups in total. The van der Waals surface area contributed by atoms with Crippen molar-refractivity contribution in [1.82, 2.24) is 9.78 Å². The Balaban J connectivity index is 2.75. The predicted molar refractivity (Wildman–Crippen MR) is 52.2 cm³/mol. The summed E-state index contributed by atoms with van der Waals surface area (Å²) in [6, 6.07) is 0. The van der Waals surface area contributed by atoms with Crippen LogP contribution in [0.1, 0.15) is 19.4 Å². The fourth-order valence-corrected chi connectivity index (χ4v) is 1.11. The molecule has 1 aromatic rings. The van der Waals surface area contributed by atoms with Gasteiger partial charge in [-0.05, 0) is 6.92 Å². The maximum absolute atomic E-state index is 9.06. The van der Waals surface area contributed by atoms with Crippen molar-refractivity contribution in [1.29, 1.82) is 0 Å². The molecule has 0 bridgehead atoms. The zero-order valence-corrected chi connectivity index (χ0v) is 8.41. The van der Waals surface area contributed by atoms with Crippen LogP contribution in [0.5, 0.6) is 0 Å². The predicted octanol–water partition coefficient (Wildman–Crippen LogP) is 0.792. The van der Waals surface area contributed by atoms with Crippen LogP contribution in [-0.2, 0) is 6.54 Å². The molecule has 1 rings (SSSR count). The first-order chi connectivity index (χ1) is 5.94. The lowest BCUT2D eigenvalue weighted by Gasteiger charge is -2.20. The van der Waals surface area contributed by atoms with Gasteiger partial charge >= 0.3 is 0 Å². The highest BCUT2D eigenvalue weighted by Crippen LogP contribution is 2.17. The van der Waals surface area contributed by atoms with E-state index in [-0.39, 0.29) is 12.0 Å². The number of anilines is 1. The molecule has 0 aliphatic heterocycles. The third-order valence-corrected chi connectivity index (χ3v) is 2.00. The van der Waals surface area contributed by atoms with Gasteiger partial charge < -0.3 is 10.8 Å². The molecule has 0 radical (unpaired) electrons. The summed E-state index contributed by atoms with van der Waals surface area (Å²) in [5, 5.41) is 13.2. The van der Waals surface area contributed by atoms with Gasteiger partial charge in [0.25, 0.3) is 0 Å². The van der Waals surface area contributed by atoms with Crippen LogP contribution >= 0.6 is 0 Å². The zero-order valence-electron chi connectivity index (χ0n) is 8.41.